The Labute approximate surface area is 136 Å². The van der Waals surface area contributed by atoms with E-state index in [2.05, 4.69) is 42.0 Å². The summed E-state index contributed by atoms with van der Waals surface area (Å²) in [7, 11) is 0. The van der Waals surface area contributed by atoms with Crippen molar-refractivity contribution in [2.75, 3.05) is 5.73 Å². The molecule has 3 rings (SSSR count). The first-order chi connectivity index (χ1) is 10.1. The minimum atomic E-state index is -0.342. The maximum absolute atomic E-state index is 13.1. The zero-order valence-corrected chi connectivity index (χ0v) is 13.7. The number of benzene rings is 2. The van der Waals surface area contributed by atoms with E-state index in [1.165, 1.54) is 12.1 Å². The van der Waals surface area contributed by atoms with Gasteiger partial charge in [-0.05, 0) is 62.2 Å². The van der Waals surface area contributed by atoms with E-state index in [0.29, 0.717) is 33.0 Å². The highest BCUT2D eigenvalue weighted by Gasteiger charge is 2.16. The number of nitrogen functional groups attached to an aromatic ring is 1. The molecule has 7 heteroatoms. The van der Waals surface area contributed by atoms with Crippen LogP contribution < -0.4 is 5.73 Å². The molecule has 2 aromatic carbocycles. The first kappa shape index (κ1) is 14.2. The molecule has 0 unspecified atom stereocenters. The first-order valence-corrected chi connectivity index (χ1v) is 7.48. The quantitative estimate of drug-likeness (QED) is 0.622. The van der Waals surface area contributed by atoms with E-state index in [4.69, 9.17) is 10.3 Å². The molecule has 2 N–H and O–H groups in total. The molecule has 0 aliphatic heterocycles. The lowest BCUT2D eigenvalue weighted by molar-refractivity contribution is 0.432. The zero-order valence-electron chi connectivity index (χ0n) is 10.5. The fourth-order valence-corrected chi connectivity index (χ4v) is 2.73. The van der Waals surface area contributed by atoms with Crippen LogP contribution in [-0.2, 0) is 0 Å². The predicted octanol–water partition coefficient (Wildman–Crippen LogP) is 4.65. The summed E-state index contributed by atoms with van der Waals surface area (Å²) >= 11 is 6.63. The molecule has 21 heavy (non-hydrogen) atoms. The molecule has 0 atom stereocenters. The van der Waals surface area contributed by atoms with Gasteiger partial charge in [0.05, 0.1) is 11.3 Å². The van der Waals surface area contributed by atoms with Crippen LogP contribution in [0, 0.1) is 5.82 Å². The van der Waals surface area contributed by atoms with Crippen molar-refractivity contribution in [1.29, 1.82) is 0 Å². The molecule has 1 aromatic heterocycles. The van der Waals surface area contributed by atoms with Gasteiger partial charge in [-0.25, -0.2) is 4.39 Å². The van der Waals surface area contributed by atoms with Crippen LogP contribution in [0.5, 0.6) is 0 Å². The Balaban J connectivity index is 2.06. The zero-order chi connectivity index (χ0) is 15.0. The van der Waals surface area contributed by atoms with Crippen LogP contribution >= 0.6 is 31.9 Å². The van der Waals surface area contributed by atoms with Gasteiger partial charge >= 0.3 is 0 Å². The SMILES string of the molecule is Nc1c(Br)cccc1-c1nc(-c2ccc(F)cc2Br)no1. The molecule has 0 bridgehead atoms. The second-order valence-corrected chi connectivity index (χ2v) is 5.96. The van der Waals surface area contributed by atoms with E-state index in [1.54, 1.807) is 12.1 Å². The molecule has 106 valence electrons. The van der Waals surface area contributed by atoms with Crippen molar-refractivity contribution in [2.24, 2.45) is 0 Å². The largest absolute Gasteiger partial charge is 0.397 e. The van der Waals surface area contributed by atoms with Crippen LogP contribution in [0.1, 0.15) is 0 Å². The summed E-state index contributed by atoms with van der Waals surface area (Å²) in [4.78, 5) is 4.31. The van der Waals surface area contributed by atoms with Crippen LogP contribution in [0.25, 0.3) is 22.8 Å². The van der Waals surface area contributed by atoms with Crippen LogP contribution in [0.3, 0.4) is 0 Å². The molecular formula is C14H8Br2FN3O. The molecule has 0 aliphatic carbocycles. The maximum atomic E-state index is 13.1. The summed E-state index contributed by atoms with van der Waals surface area (Å²) < 4.78 is 19.7. The normalized spacial score (nSPS) is 10.8. The summed E-state index contributed by atoms with van der Waals surface area (Å²) in [5.41, 5.74) is 7.78. The van der Waals surface area contributed by atoms with Crippen molar-refractivity contribution >= 4 is 37.5 Å². The maximum Gasteiger partial charge on any atom is 0.260 e. The molecule has 0 fully saturated rings. The molecule has 0 spiro atoms. The van der Waals surface area contributed by atoms with Gasteiger partial charge in [-0.15, -0.1) is 0 Å². The number of rotatable bonds is 2. The van der Waals surface area contributed by atoms with E-state index >= 15 is 0 Å². The Morgan fingerprint density at radius 1 is 1.05 bits per heavy atom. The van der Waals surface area contributed by atoms with Gasteiger partial charge in [-0.1, -0.05) is 11.2 Å². The number of aromatic nitrogens is 2. The Morgan fingerprint density at radius 3 is 2.62 bits per heavy atom. The number of hydrogen-bond donors (Lipinski definition) is 1. The van der Waals surface area contributed by atoms with Gasteiger partial charge in [0.2, 0.25) is 5.82 Å². The third-order valence-electron chi connectivity index (χ3n) is 2.88. The number of hydrogen-bond acceptors (Lipinski definition) is 4. The average molecular weight is 413 g/mol. The monoisotopic (exact) mass is 411 g/mol. The van der Waals surface area contributed by atoms with Gasteiger partial charge < -0.3 is 10.3 Å². The molecule has 0 saturated carbocycles. The van der Waals surface area contributed by atoms with Crippen molar-refractivity contribution in [1.82, 2.24) is 10.1 Å². The van der Waals surface area contributed by atoms with E-state index < -0.39 is 0 Å². The van der Waals surface area contributed by atoms with E-state index in [-0.39, 0.29) is 5.82 Å². The predicted molar refractivity (Wildman–Crippen MR) is 84.9 cm³/mol. The summed E-state index contributed by atoms with van der Waals surface area (Å²) in [6.45, 7) is 0. The fraction of sp³-hybridized carbons (Fsp3) is 0. The lowest BCUT2D eigenvalue weighted by Gasteiger charge is -2.02. The van der Waals surface area contributed by atoms with Gasteiger partial charge in [-0.3, -0.25) is 0 Å². The number of anilines is 1. The summed E-state index contributed by atoms with van der Waals surface area (Å²) in [5.74, 6) is 0.321. The van der Waals surface area contributed by atoms with Gasteiger partial charge in [0.15, 0.2) is 0 Å². The van der Waals surface area contributed by atoms with Crippen LogP contribution in [-0.4, -0.2) is 10.1 Å². The van der Waals surface area contributed by atoms with E-state index in [1.807, 2.05) is 12.1 Å². The molecule has 0 amide bonds. The van der Waals surface area contributed by atoms with Crippen molar-refractivity contribution in [3.63, 3.8) is 0 Å². The van der Waals surface area contributed by atoms with Crippen molar-refractivity contribution in [2.45, 2.75) is 0 Å². The Hall–Kier alpha value is -1.73. The minimum Gasteiger partial charge on any atom is -0.397 e. The summed E-state index contributed by atoms with van der Waals surface area (Å²) in [6, 6.07) is 9.71. The molecule has 0 aliphatic rings. The highest BCUT2D eigenvalue weighted by Crippen LogP contribution is 2.33. The molecule has 4 nitrogen and oxygen atoms in total. The van der Waals surface area contributed by atoms with E-state index in [0.717, 1.165) is 4.47 Å². The Morgan fingerprint density at radius 2 is 1.86 bits per heavy atom. The highest BCUT2D eigenvalue weighted by atomic mass is 79.9. The van der Waals surface area contributed by atoms with E-state index in [9.17, 15) is 4.39 Å². The van der Waals surface area contributed by atoms with Gasteiger partial charge in [0.25, 0.3) is 5.89 Å². The third kappa shape index (κ3) is 2.71. The fourth-order valence-electron chi connectivity index (χ4n) is 1.84. The highest BCUT2D eigenvalue weighted by molar-refractivity contribution is 9.11. The minimum absolute atomic E-state index is 0.306. The third-order valence-corrected chi connectivity index (χ3v) is 4.23. The number of para-hydroxylation sites is 1. The Kier molecular flexibility index (Phi) is 3.77. The number of nitrogens with zero attached hydrogens (tertiary/aromatic N) is 2. The van der Waals surface area contributed by atoms with Gasteiger partial charge in [0.1, 0.15) is 5.82 Å². The molecule has 1 heterocycles. The number of nitrogens with two attached hydrogens (primary N) is 1. The van der Waals surface area contributed by atoms with Gasteiger partial charge in [0, 0.05) is 14.5 Å². The lowest BCUT2D eigenvalue weighted by Crippen LogP contribution is -1.91. The van der Waals surface area contributed by atoms with Crippen molar-refractivity contribution < 1.29 is 8.91 Å². The second kappa shape index (κ2) is 5.57. The summed E-state index contributed by atoms with van der Waals surface area (Å²) in [6.07, 6.45) is 0. The Bertz CT molecular complexity index is 820. The second-order valence-electron chi connectivity index (χ2n) is 4.25. The van der Waals surface area contributed by atoms with Crippen LogP contribution in [0.4, 0.5) is 10.1 Å². The molecule has 0 radical (unpaired) electrons. The standard InChI is InChI=1S/C14H8Br2FN3O/c15-10-3-1-2-9(12(10)18)14-19-13(20-21-14)8-5-4-7(17)6-11(8)16/h1-6H,18H2. The van der Waals surface area contributed by atoms with Crippen molar-refractivity contribution in [3.8, 4) is 22.8 Å². The lowest BCUT2D eigenvalue weighted by atomic mass is 10.2. The summed E-state index contributed by atoms with van der Waals surface area (Å²) in [5, 5.41) is 3.91. The smallest absolute Gasteiger partial charge is 0.260 e. The molecular weight excluding hydrogens is 405 g/mol. The topological polar surface area (TPSA) is 64.9 Å². The number of halogens is 3. The first-order valence-electron chi connectivity index (χ1n) is 5.90. The van der Waals surface area contributed by atoms with Crippen LogP contribution in [0.2, 0.25) is 0 Å². The van der Waals surface area contributed by atoms with Gasteiger partial charge in [-0.2, -0.15) is 4.98 Å². The molecule has 3 aromatic rings. The van der Waals surface area contributed by atoms with Crippen molar-refractivity contribution in [3.05, 3.63) is 51.2 Å². The average Bonchev–Trinajstić information content (AvgIpc) is 2.91. The molecule has 0 saturated heterocycles. The van der Waals surface area contributed by atoms with Crippen LogP contribution in [0.15, 0.2) is 49.9 Å².